The summed E-state index contributed by atoms with van der Waals surface area (Å²) in [6.45, 7) is 5.42. The van der Waals surface area contributed by atoms with Crippen LogP contribution < -0.4 is 0 Å². The van der Waals surface area contributed by atoms with Crippen molar-refractivity contribution in [3.05, 3.63) is 52.6 Å². The minimum Gasteiger partial charge on any atom is -0.393 e. The molecule has 9 heteroatoms. The van der Waals surface area contributed by atoms with Crippen LogP contribution in [-0.2, 0) is 27.3 Å². The highest BCUT2D eigenvalue weighted by atomic mass is 19.1. The molecule has 0 spiro atoms. The molecule has 1 saturated heterocycles. The minimum atomic E-state index is -1.24. The van der Waals surface area contributed by atoms with Crippen LogP contribution in [0.25, 0.3) is 11.8 Å². The molecule has 0 bridgehead atoms. The Labute approximate surface area is 245 Å². The van der Waals surface area contributed by atoms with E-state index in [4.69, 9.17) is 9.47 Å². The molecule has 7 rings (SSSR count). The zero-order valence-corrected chi connectivity index (χ0v) is 24.6. The van der Waals surface area contributed by atoms with Crippen molar-refractivity contribution < 1.29 is 34.0 Å². The number of carbonyl (C=O) groups is 1. The second-order valence-corrected chi connectivity index (χ2v) is 13.7. The fourth-order valence-electron chi connectivity index (χ4n) is 10.0. The first-order valence-electron chi connectivity index (χ1n) is 15.4. The monoisotopic (exact) mass is 580 g/mol. The summed E-state index contributed by atoms with van der Waals surface area (Å²) in [5, 5.41) is 36.3. The van der Waals surface area contributed by atoms with Gasteiger partial charge in [-0.3, -0.25) is 4.79 Å². The van der Waals surface area contributed by atoms with Crippen LogP contribution in [0.5, 0.6) is 0 Å². The van der Waals surface area contributed by atoms with Gasteiger partial charge in [-0.2, -0.15) is 5.10 Å². The maximum atomic E-state index is 14.1. The van der Waals surface area contributed by atoms with Gasteiger partial charge in [-0.1, -0.05) is 32.8 Å². The first kappa shape index (κ1) is 28.3. The standard InChI is InChI=1S/C33H41FN2O6/c1-4-5-29-41-28-12-23-22-8-6-20-11-25-19(15-35-36(25)21-7-9-24(34)18(10-21)16-37)13-31(20,2)30(22)26(39)14-32(23,3)33(28,42-29)27(40)17-38/h7,9-11,15,22-23,26,28-30,37-39H,4-6,8,12-14,16-17H2,1-3H3/t22-,23-,26-,28+,29+,30+,31-,32-,33+/m0/s1. The predicted molar refractivity (Wildman–Crippen MR) is 152 cm³/mol. The lowest BCUT2D eigenvalue weighted by molar-refractivity contribution is -0.202. The number of nitrogens with zero attached hydrogens (tertiary/aromatic N) is 2. The number of halogens is 1. The Bertz CT molecular complexity index is 1460. The molecule has 42 heavy (non-hydrogen) atoms. The van der Waals surface area contributed by atoms with Crippen molar-refractivity contribution >= 4 is 11.9 Å². The maximum absolute atomic E-state index is 14.1. The summed E-state index contributed by atoms with van der Waals surface area (Å²) in [5.74, 6) is -0.491. The number of Topliss-reactive ketones (excluding diaryl/α,β-unsaturated/α-hetero) is 1. The van der Waals surface area contributed by atoms with E-state index in [9.17, 15) is 24.5 Å². The van der Waals surface area contributed by atoms with E-state index in [1.54, 1.807) is 12.1 Å². The molecule has 8 nitrogen and oxygen atoms in total. The van der Waals surface area contributed by atoms with Gasteiger partial charge < -0.3 is 24.8 Å². The number of allylic oxidation sites excluding steroid dienone is 1. The number of hydrogen-bond acceptors (Lipinski definition) is 7. The highest BCUT2D eigenvalue weighted by Crippen LogP contribution is 2.70. The van der Waals surface area contributed by atoms with E-state index in [1.807, 2.05) is 10.9 Å². The Morgan fingerprint density at radius 3 is 2.81 bits per heavy atom. The molecular weight excluding hydrogens is 539 g/mol. The van der Waals surface area contributed by atoms with Gasteiger partial charge in [0.15, 0.2) is 17.7 Å². The molecule has 2 heterocycles. The molecule has 4 fully saturated rings. The van der Waals surface area contributed by atoms with Crippen LogP contribution in [0.15, 0.2) is 30.0 Å². The molecule has 0 amide bonds. The van der Waals surface area contributed by atoms with Gasteiger partial charge >= 0.3 is 0 Å². The number of carbonyl (C=O) groups excluding carboxylic acids is 1. The van der Waals surface area contributed by atoms with Crippen molar-refractivity contribution in [1.82, 2.24) is 9.78 Å². The summed E-state index contributed by atoms with van der Waals surface area (Å²) in [6, 6.07) is 4.67. The Morgan fingerprint density at radius 2 is 2.07 bits per heavy atom. The van der Waals surface area contributed by atoms with Crippen molar-refractivity contribution in [1.29, 1.82) is 0 Å². The van der Waals surface area contributed by atoms with Gasteiger partial charge in [-0.05, 0) is 91.5 Å². The second kappa shape index (κ2) is 9.79. The number of hydrogen-bond donors (Lipinski definition) is 3. The lowest BCUT2D eigenvalue weighted by Crippen LogP contribution is -2.64. The molecule has 1 aromatic carbocycles. The number of aliphatic hydroxyl groups excluding tert-OH is 3. The molecule has 226 valence electrons. The molecule has 1 aromatic heterocycles. The molecule has 5 aliphatic rings. The van der Waals surface area contributed by atoms with Crippen LogP contribution in [0.4, 0.5) is 4.39 Å². The molecule has 1 aliphatic heterocycles. The number of rotatable bonds is 6. The van der Waals surface area contributed by atoms with Gasteiger partial charge in [0, 0.05) is 11.0 Å². The van der Waals surface area contributed by atoms with Gasteiger partial charge in [0.2, 0.25) is 0 Å². The van der Waals surface area contributed by atoms with Crippen LogP contribution in [0, 0.1) is 34.4 Å². The lowest BCUT2D eigenvalue weighted by Gasteiger charge is -2.60. The van der Waals surface area contributed by atoms with E-state index in [0.717, 1.165) is 36.9 Å². The quantitative estimate of drug-likeness (QED) is 0.471. The topological polar surface area (TPSA) is 114 Å². The molecule has 4 aliphatic carbocycles. The van der Waals surface area contributed by atoms with E-state index in [-0.39, 0.29) is 41.1 Å². The summed E-state index contributed by atoms with van der Waals surface area (Å²) in [5.41, 5.74) is 2.06. The highest BCUT2D eigenvalue weighted by Gasteiger charge is 2.75. The van der Waals surface area contributed by atoms with Gasteiger partial charge in [-0.15, -0.1) is 0 Å². The number of ketones is 1. The number of fused-ring (bicyclic) bond motifs is 8. The second-order valence-electron chi connectivity index (χ2n) is 13.7. The van der Waals surface area contributed by atoms with Gasteiger partial charge in [0.25, 0.3) is 0 Å². The summed E-state index contributed by atoms with van der Waals surface area (Å²) >= 11 is 0. The number of aromatic nitrogens is 2. The first-order valence-corrected chi connectivity index (χ1v) is 15.4. The van der Waals surface area contributed by atoms with Crippen molar-refractivity contribution in [3.63, 3.8) is 0 Å². The minimum absolute atomic E-state index is 0.00886. The summed E-state index contributed by atoms with van der Waals surface area (Å²) in [4.78, 5) is 13.5. The molecule has 9 atom stereocenters. The van der Waals surface area contributed by atoms with Crippen molar-refractivity contribution in [2.75, 3.05) is 6.61 Å². The van der Waals surface area contributed by atoms with Crippen molar-refractivity contribution in [3.8, 4) is 5.69 Å². The number of ether oxygens (including phenoxy) is 2. The van der Waals surface area contributed by atoms with Gasteiger partial charge in [0.1, 0.15) is 12.4 Å². The van der Waals surface area contributed by atoms with Crippen LogP contribution in [-0.4, -0.2) is 61.6 Å². The van der Waals surface area contributed by atoms with E-state index in [0.29, 0.717) is 24.9 Å². The van der Waals surface area contributed by atoms with E-state index >= 15 is 0 Å². The average Bonchev–Trinajstić information content (AvgIpc) is 3.61. The number of aliphatic hydroxyl groups is 3. The van der Waals surface area contributed by atoms with E-state index in [2.05, 4.69) is 31.9 Å². The third kappa shape index (κ3) is 3.63. The van der Waals surface area contributed by atoms with Crippen LogP contribution in [0.3, 0.4) is 0 Å². The Kier molecular flexibility index (Phi) is 6.61. The van der Waals surface area contributed by atoms with Crippen molar-refractivity contribution in [2.45, 2.75) is 96.4 Å². The zero-order valence-electron chi connectivity index (χ0n) is 24.6. The third-order valence-electron chi connectivity index (χ3n) is 11.7. The van der Waals surface area contributed by atoms with Crippen LogP contribution >= 0.6 is 0 Å². The van der Waals surface area contributed by atoms with Crippen LogP contribution in [0.1, 0.15) is 76.1 Å². The molecule has 3 saturated carbocycles. The summed E-state index contributed by atoms with van der Waals surface area (Å²) in [6.07, 6.45) is 7.64. The Hall–Kier alpha value is -2.43. The smallest absolute Gasteiger partial charge is 0.193 e. The fraction of sp³-hybridized carbons (Fsp3) is 0.636. The largest absolute Gasteiger partial charge is 0.393 e. The third-order valence-corrected chi connectivity index (χ3v) is 11.7. The number of benzene rings is 1. The van der Waals surface area contributed by atoms with Crippen molar-refractivity contribution in [2.24, 2.45) is 28.6 Å². The molecule has 2 aromatic rings. The first-order chi connectivity index (χ1) is 20.1. The van der Waals surface area contributed by atoms with E-state index < -0.39 is 41.9 Å². The highest BCUT2D eigenvalue weighted by molar-refractivity contribution is 5.91. The SMILES string of the molecule is CCC[C@@H]1O[C@@H]2C[C@H]3[C@@H]4CCC5=Cc6c(cnn6-c6ccc(F)c(CO)c6)C[C@]5(C)[C@H]4[C@@H](O)C[C@]3(C)[C@]2(C(=O)CO)O1. The Balaban J connectivity index is 1.24. The van der Waals surface area contributed by atoms with Crippen LogP contribution in [0.2, 0.25) is 0 Å². The van der Waals surface area contributed by atoms with Gasteiger partial charge in [-0.25, -0.2) is 9.07 Å². The predicted octanol–water partition coefficient (Wildman–Crippen LogP) is 4.11. The molecule has 0 unspecified atom stereocenters. The zero-order chi connectivity index (χ0) is 29.6. The fourth-order valence-corrected chi connectivity index (χ4v) is 10.0. The Morgan fingerprint density at radius 1 is 1.26 bits per heavy atom. The van der Waals surface area contributed by atoms with E-state index in [1.165, 1.54) is 11.6 Å². The maximum Gasteiger partial charge on any atom is 0.193 e. The average molecular weight is 581 g/mol. The lowest BCUT2D eigenvalue weighted by atomic mass is 9.45. The molecular formula is C33H41FN2O6. The normalized spacial score (nSPS) is 40.0. The molecule has 0 radical (unpaired) electrons. The summed E-state index contributed by atoms with van der Waals surface area (Å²) < 4.78 is 28.8. The summed E-state index contributed by atoms with van der Waals surface area (Å²) in [7, 11) is 0. The molecule has 3 N–H and O–H groups in total. The van der Waals surface area contributed by atoms with Gasteiger partial charge in [0.05, 0.1) is 36.4 Å².